The van der Waals surface area contributed by atoms with E-state index in [0.717, 1.165) is 23.6 Å². The highest BCUT2D eigenvalue weighted by Crippen LogP contribution is 2.14. The fourth-order valence-electron chi connectivity index (χ4n) is 1.91. The van der Waals surface area contributed by atoms with E-state index in [4.69, 9.17) is 5.84 Å². The molecule has 0 aliphatic carbocycles. The molecule has 19 heavy (non-hydrogen) atoms. The fourth-order valence-corrected chi connectivity index (χ4v) is 1.91. The Morgan fingerprint density at radius 2 is 2.11 bits per heavy atom. The number of hydrogen-bond donors (Lipinski definition) is 2. The molecule has 2 heterocycles. The molecule has 0 radical (unpaired) electrons. The largest absolute Gasteiger partial charge is 0.271 e. The summed E-state index contributed by atoms with van der Waals surface area (Å²) in [4.78, 5) is 12.9. The van der Waals surface area contributed by atoms with Crippen molar-refractivity contribution in [1.29, 1.82) is 0 Å². The highest BCUT2D eigenvalue weighted by molar-refractivity contribution is 5.17. The Morgan fingerprint density at radius 3 is 2.68 bits per heavy atom. The Kier molecular flexibility index (Phi) is 4.54. The van der Waals surface area contributed by atoms with Crippen molar-refractivity contribution in [2.45, 2.75) is 32.7 Å². The minimum absolute atomic E-state index is 0.0540. The van der Waals surface area contributed by atoms with Gasteiger partial charge in [0.15, 0.2) is 0 Å². The van der Waals surface area contributed by atoms with Crippen LogP contribution in [0.3, 0.4) is 0 Å². The van der Waals surface area contributed by atoms with Gasteiger partial charge in [-0.25, -0.2) is 9.97 Å². The maximum atomic E-state index is 5.62. The first kappa shape index (κ1) is 13.6. The fraction of sp³-hybridized carbons (Fsp3) is 0.357. The molecule has 0 bridgehead atoms. The zero-order valence-corrected chi connectivity index (χ0v) is 11.3. The molecule has 0 aliphatic heterocycles. The van der Waals surface area contributed by atoms with Crippen LogP contribution in [-0.2, 0) is 12.8 Å². The van der Waals surface area contributed by atoms with Crippen LogP contribution in [0, 0.1) is 6.92 Å². The molecule has 1 unspecified atom stereocenters. The Labute approximate surface area is 113 Å². The molecule has 0 saturated carbocycles. The Morgan fingerprint density at radius 1 is 1.26 bits per heavy atom. The maximum Gasteiger partial charge on any atom is 0.125 e. The van der Waals surface area contributed by atoms with E-state index in [2.05, 4.69) is 33.4 Å². The smallest absolute Gasteiger partial charge is 0.125 e. The molecule has 1 atom stereocenters. The summed E-state index contributed by atoms with van der Waals surface area (Å²) in [7, 11) is 0. The minimum atomic E-state index is -0.0540. The van der Waals surface area contributed by atoms with E-state index in [0.29, 0.717) is 6.42 Å². The molecule has 0 aliphatic rings. The van der Waals surface area contributed by atoms with E-state index in [1.807, 2.05) is 25.3 Å². The Hall–Kier alpha value is -1.85. The van der Waals surface area contributed by atoms with E-state index in [9.17, 15) is 0 Å². The number of nitrogens with two attached hydrogens (primary N) is 1. The van der Waals surface area contributed by atoms with Gasteiger partial charge < -0.3 is 0 Å². The summed E-state index contributed by atoms with van der Waals surface area (Å²) in [5.41, 5.74) is 5.91. The second-order valence-electron chi connectivity index (χ2n) is 4.46. The van der Waals surface area contributed by atoms with E-state index < -0.39 is 0 Å². The third-order valence-electron chi connectivity index (χ3n) is 3.06. The summed E-state index contributed by atoms with van der Waals surface area (Å²) < 4.78 is 0. The average molecular weight is 257 g/mol. The monoisotopic (exact) mass is 257 g/mol. The first-order valence-corrected chi connectivity index (χ1v) is 6.42. The first-order chi connectivity index (χ1) is 9.22. The van der Waals surface area contributed by atoms with Gasteiger partial charge in [-0.1, -0.05) is 13.0 Å². The zero-order valence-electron chi connectivity index (χ0n) is 11.3. The van der Waals surface area contributed by atoms with Gasteiger partial charge >= 0.3 is 0 Å². The van der Waals surface area contributed by atoms with Crippen LogP contribution < -0.4 is 11.3 Å². The lowest BCUT2D eigenvalue weighted by atomic mass is 10.1. The van der Waals surface area contributed by atoms with E-state index >= 15 is 0 Å². The van der Waals surface area contributed by atoms with Gasteiger partial charge in [-0.2, -0.15) is 0 Å². The average Bonchev–Trinajstić information content (AvgIpc) is 2.45. The number of nitrogens with one attached hydrogen (secondary N) is 1. The van der Waals surface area contributed by atoms with Crippen LogP contribution in [0.5, 0.6) is 0 Å². The van der Waals surface area contributed by atoms with Crippen LogP contribution >= 0.6 is 0 Å². The van der Waals surface area contributed by atoms with E-state index in [-0.39, 0.29) is 6.04 Å². The van der Waals surface area contributed by atoms with Crippen molar-refractivity contribution in [3.05, 3.63) is 53.4 Å². The third-order valence-corrected chi connectivity index (χ3v) is 3.06. The van der Waals surface area contributed by atoms with Crippen LogP contribution in [0.4, 0.5) is 0 Å². The molecule has 100 valence electrons. The number of aromatic nitrogens is 3. The normalized spacial score (nSPS) is 12.4. The summed E-state index contributed by atoms with van der Waals surface area (Å²) in [5.74, 6) is 6.36. The maximum absolute atomic E-state index is 5.62. The van der Waals surface area contributed by atoms with Crippen molar-refractivity contribution in [2.75, 3.05) is 0 Å². The molecule has 0 amide bonds. The summed E-state index contributed by atoms with van der Waals surface area (Å²) in [6.07, 6.45) is 5.36. The Balaban J connectivity index is 2.14. The van der Waals surface area contributed by atoms with Crippen LogP contribution in [0.1, 0.15) is 35.7 Å². The molecule has 2 aromatic heterocycles. The number of nitrogens with zero attached hydrogens (tertiary/aromatic N) is 3. The molecule has 5 nitrogen and oxygen atoms in total. The molecule has 0 fully saturated rings. The quantitative estimate of drug-likeness (QED) is 0.627. The summed E-state index contributed by atoms with van der Waals surface area (Å²) in [5, 5.41) is 0. The number of hydrazine groups is 1. The molecule has 0 aromatic carbocycles. The van der Waals surface area contributed by atoms with Gasteiger partial charge in [0.2, 0.25) is 0 Å². The van der Waals surface area contributed by atoms with Gasteiger partial charge in [0.25, 0.3) is 0 Å². The number of hydrogen-bond acceptors (Lipinski definition) is 5. The molecule has 5 heteroatoms. The standard InChI is InChI=1S/C14H19N5/c1-3-11-4-5-12(17-9-11)8-14(19-15)13-6-7-16-10(2)18-13/h4-7,9,14,19H,3,8,15H2,1-2H3. The molecule has 0 saturated heterocycles. The summed E-state index contributed by atoms with van der Waals surface area (Å²) in [6.45, 7) is 3.98. The third kappa shape index (κ3) is 3.56. The van der Waals surface area contributed by atoms with Crippen molar-refractivity contribution >= 4 is 0 Å². The van der Waals surface area contributed by atoms with Crippen molar-refractivity contribution in [3.8, 4) is 0 Å². The van der Waals surface area contributed by atoms with E-state index in [1.165, 1.54) is 5.56 Å². The SMILES string of the molecule is CCc1ccc(CC(NN)c2ccnc(C)n2)nc1. The highest BCUT2D eigenvalue weighted by Gasteiger charge is 2.13. The second-order valence-corrected chi connectivity index (χ2v) is 4.46. The van der Waals surface area contributed by atoms with Crippen molar-refractivity contribution in [1.82, 2.24) is 20.4 Å². The van der Waals surface area contributed by atoms with E-state index in [1.54, 1.807) is 6.20 Å². The lowest BCUT2D eigenvalue weighted by Gasteiger charge is -2.15. The van der Waals surface area contributed by atoms with Gasteiger partial charge in [0.05, 0.1) is 11.7 Å². The zero-order chi connectivity index (χ0) is 13.7. The van der Waals surface area contributed by atoms with Gasteiger partial charge in [-0.3, -0.25) is 16.3 Å². The molecule has 3 N–H and O–H groups in total. The molecule has 0 spiro atoms. The minimum Gasteiger partial charge on any atom is -0.271 e. The number of aryl methyl sites for hydroxylation is 2. The topological polar surface area (TPSA) is 76.7 Å². The van der Waals surface area contributed by atoms with Crippen LogP contribution in [0.25, 0.3) is 0 Å². The Bertz CT molecular complexity index is 524. The lowest BCUT2D eigenvalue weighted by molar-refractivity contribution is 0.530. The van der Waals surface area contributed by atoms with Gasteiger partial charge in [-0.05, 0) is 31.0 Å². The van der Waals surface area contributed by atoms with Crippen molar-refractivity contribution in [3.63, 3.8) is 0 Å². The lowest BCUT2D eigenvalue weighted by Crippen LogP contribution is -2.30. The highest BCUT2D eigenvalue weighted by atomic mass is 15.2. The summed E-state index contributed by atoms with van der Waals surface area (Å²) >= 11 is 0. The van der Waals surface area contributed by atoms with Crippen LogP contribution in [-0.4, -0.2) is 15.0 Å². The number of pyridine rings is 1. The van der Waals surface area contributed by atoms with Gasteiger partial charge in [0.1, 0.15) is 5.82 Å². The van der Waals surface area contributed by atoms with Gasteiger partial charge in [0, 0.05) is 24.5 Å². The molecular formula is C14H19N5. The predicted octanol–water partition coefficient (Wildman–Crippen LogP) is 1.49. The van der Waals surface area contributed by atoms with Crippen LogP contribution in [0.2, 0.25) is 0 Å². The molecule has 2 rings (SSSR count). The van der Waals surface area contributed by atoms with Crippen molar-refractivity contribution in [2.24, 2.45) is 5.84 Å². The van der Waals surface area contributed by atoms with Crippen molar-refractivity contribution < 1.29 is 0 Å². The predicted molar refractivity (Wildman–Crippen MR) is 74.2 cm³/mol. The number of rotatable bonds is 5. The molecular weight excluding hydrogens is 238 g/mol. The van der Waals surface area contributed by atoms with Gasteiger partial charge in [-0.15, -0.1) is 0 Å². The molecule has 2 aromatic rings. The first-order valence-electron chi connectivity index (χ1n) is 6.42. The van der Waals surface area contributed by atoms with Crippen LogP contribution in [0.15, 0.2) is 30.6 Å². The summed E-state index contributed by atoms with van der Waals surface area (Å²) in [6, 6.07) is 5.96. The second kappa shape index (κ2) is 6.36.